The van der Waals surface area contributed by atoms with Crippen LogP contribution in [0.2, 0.25) is 0 Å². The molecule has 0 bridgehead atoms. The van der Waals surface area contributed by atoms with Crippen LogP contribution in [0.15, 0.2) is 30.9 Å². The smallest absolute Gasteiger partial charge is 0.158 e. The Morgan fingerprint density at radius 3 is 2.87 bits per heavy atom. The van der Waals surface area contributed by atoms with Gasteiger partial charge in [0.2, 0.25) is 0 Å². The van der Waals surface area contributed by atoms with E-state index in [-0.39, 0.29) is 24.5 Å². The topological polar surface area (TPSA) is 74.1 Å². The van der Waals surface area contributed by atoms with Gasteiger partial charge in [-0.3, -0.25) is 0 Å². The molecule has 1 fully saturated rings. The number of rotatable bonds is 3. The van der Waals surface area contributed by atoms with Gasteiger partial charge >= 0.3 is 0 Å². The summed E-state index contributed by atoms with van der Waals surface area (Å²) in [6, 6.07) is 3.02. The standard InChI is InChI=1S/C14H15F2N3O3S/c1-10-14(7-19-9-17-8-18-19,22-4-5-23(10,20)21)12-3-2-11(15)6-13(12)16/h2-3,6,8-10H,4-5,7H2,1H3/t10-,14+/m1/s1. The van der Waals surface area contributed by atoms with E-state index in [1.807, 2.05) is 0 Å². The number of nitrogens with zero attached hydrogens (tertiary/aromatic N) is 3. The summed E-state index contributed by atoms with van der Waals surface area (Å²) < 4.78 is 59.5. The van der Waals surface area contributed by atoms with Gasteiger partial charge in [0, 0.05) is 11.6 Å². The molecule has 1 aliphatic rings. The molecule has 0 spiro atoms. The molecular formula is C14H15F2N3O3S. The van der Waals surface area contributed by atoms with Gasteiger partial charge in [0.1, 0.15) is 29.9 Å². The van der Waals surface area contributed by atoms with E-state index in [0.717, 1.165) is 12.1 Å². The zero-order valence-electron chi connectivity index (χ0n) is 12.3. The molecule has 23 heavy (non-hydrogen) atoms. The second kappa shape index (κ2) is 5.64. The molecular weight excluding hydrogens is 328 g/mol. The second-order valence-corrected chi connectivity index (χ2v) is 7.91. The maximum atomic E-state index is 14.4. The largest absolute Gasteiger partial charge is 0.366 e. The van der Waals surface area contributed by atoms with Crippen molar-refractivity contribution in [2.45, 2.75) is 24.3 Å². The molecule has 1 aromatic heterocycles. The lowest BCUT2D eigenvalue weighted by atomic mass is 9.89. The summed E-state index contributed by atoms with van der Waals surface area (Å²) in [5.41, 5.74) is -1.51. The molecule has 1 saturated heterocycles. The number of sulfone groups is 1. The molecule has 3 rings (SSSR count). The van der Waals surface area contributed by atoms with Gasteiger partial charge in [0.25, 0.3) is 0 Å². The van der Waals surface area contributed by atoms with Gasteiger partial charge in [0.05, 0.1) is 24.2 Å². The molecule has 9 heteroatoms. The van der Waals surface area contributed by atoms with Crippen molar-refractivity contribution >= 4 is 9.84 Å². The van der Waals surface area contributed by atoms with E-state index in [1.165, 1.54) is 30.3 Å². The highest BCUT2D eigenvalue weighted by molar-refractivity contribution is 7.92. The molecule has 2 aromatic rings. The summed E-state index contributed by atoms with van der Waals surface area (Å²) in [6.45, 7) is 1.35. The molecule has 2 atom stereocenters. The third-order valence-corrected chi connectivity index (χ3v) is 6.37. The normalized spacial score (nSPS) is 27.0. The molecule has 0 amide bonds. The molecule has 0 N–H and O–H groups in total. The Hall–Kier alpha value is -1.87. The van der Waals surface area contributed by atoms with E-state index < -0.39 is 32.3 Å². The minimum atomic E-state index is -3.49. The van der Waals surface area contributed by atoms with E-state index in [1.54, 1.807) is 0 Å². The van der Waals surface area contributed by atoms with Crippen LogP contribution in [0.5, 0.6) is 0 Å². The number of hydrogen-bond acceptors (Lipinski definition) is 5. The minimum absolute atomic E-state index is 0.00910. The van der Waals surface area contributed by atoms with Crippen LogP contribution in [0.1, 0.15) is 12.5 Å². The van der Waals surface area contributed by atoms with Crippen molar-refractivity contribution in [2.24, 2.45) is 0 Å². The molecule has 2 heterocycles. The third-order valence-electron chi connectivity index (χ3n) is 4.17. The number of benzene rings is 1. The molecule has 0 aliphatic carbocycles. The van der Waals surface area contributed by atoms with Crippen LogP contribution >= 0.6 is 0 Å². The summed E-state index contributed by atoms with van der Waals surface area (Å²) in [6.07, 6.45) is 2.68. The zero-order valence-corrected chi connectivity index (χ0v) is 13.1. The maximum Gasteiger partial charge on any atom is 0.158 e. The molecule has 0 unspecified atom stereocenters. The Morgan fingerprint density at radius 1 is 1.43 bits per heavy atom. The average molecular weight is 343 g/mol. The van der Waals surface area contributed by atoms with E-state index in [0.29, 0.717) is 0 Å². The summed E-state index contributed by atoms with van der Waals surface area (Å²) in [7, 11) is -3.49. The zero-order chi connectivity index (χ0) is 16.7. The molecule has 1 aromatic carbocycles. The fourth-order valence-corrected chi connectivity index (χ4v) is 4.39. The van der Waals surface area contributed by atoms with E-state index >= 15 is 0 Å². The van der Waals surface area contributed by atoms with Crippen molar-refractivity contribution in [3.8, 4) is 0 Å². The first-order valence-corrected chi connectivity index (χ1v) is 8.70. The predicted molar refractivity (Wildman–Crippen MR) is 77.3 cm³/mol. The highest BCUT2D eigenvalue weighted by atomic mass is 32.2. The van der Waals surface area contributed by atoms with Gasteiger partial charge in [-0.15, -0.1) is 0 Å². The Kier molecular flexibility index (Phi) is 3.93. The monoisotopic (exact) mass is 343 g/mol. The molecule has 0 radical (unpaired) electrons. The van der Waals surface area contributed by atoms with Crippen molar-refractivity contribution in [1.29, 1.82) is 0 Å². The van der Waals surface area contributed by atoms with Gasteiger partial charge in [0.15, 0.2) is 9.84 Å². The summed E-state index contributed by atoms with van der Waals surface area (Å²) in [5, 5.41) is 2.92. The van der Waals surface area contributed by atoms with Crippen LogP contribution < -0.4 is 0 Å². The van der Waals surface area contributed by atoms with Crippen LogP contribution in [-0.4, -0.2) is 40.8 Å². The van der Waals surface area contributed by atoms with Crippen LogP contribution in [0.25, 0.3) is 0 Å². The summed E-state index contributed by atoms with van der Waals surface area (Å²) in [4.78, 5) is 3.80. The fraction of sp³-hybridized carbons (Fsp3) is 0.429. The second-order valence-electron chi connectivity index (χ2n) is 5.46. The quantitative estimate of drug-likeness (QED) is 0.839. The Labute approximate surface area is 132 Å². The maximum absolute atomic E-state index is 14.4. The van der Waals surface area contributed by atoms with Gasteiger partial charge in [-0.25, -0.2) is 26.9 Å². The minimum Gasteiger partial charge on any atom is -0.366 e. The van der Waals surface area contributed by atoms with Crippen molar-refractivity contribution in [3.63, 3.8) is 0 Å². The Balaban J connectivity index is 2.17. The van der Waals surface area contributed by atoms with Crippen molar-refractivity contribution < 1.29 is 21.9 Å². The van der Waals surface area contributed by atoms with E-state index in [9.17, 15) is 17.2 Å². The van der Waals surface area contributed by atoms with Crippen LogP contribution in [-0.2, 0) is 26.7 Å². The van der Waals surface area contributed by atoms with E-state index in [4.69, 9.17) is 4.74 Å². The molecule has 6 nitrogen and oxygen atoms in total. The van der Waals surface area contributed by atoms with Crippen molar-refractivity contribution in [2.75, 3.05) is 12.4 Å². The average Bonchev–Trinajstić information content (AvgIpc) is 2.97. The number of aromatic nitrogens is 3. The predicted octanol–water partition coefficient (Wildman–Crippen LogP) is 1.29. The third kappa shape index (κ3) is 2.74. The van der Waals surface area contributed by atoms with Gasteiger partial charge in [-0.2, -0.15) is 5.10 Å². The fourth-order valence-electron chi connectivity index (χ4n) is 2.87. The van der Waals surface area contributed by atoms with Gasteiger partial charge < -0.3 is 4.74 Å². The van der Waals surface area contributed by atoms with Crippen molar-refractivity contribution in [1.82, 2.24) is 14.8 Å². The molecule has 0 saturated carbocycles. The lowest BCUT2D eigenvalue weighted by molar-refractivity contribution is -0.0684. The Morgan fingerprint density at radius 2 is 2.22 bits per heavy atom. The van der Waals surface area contributed by atoms with Crippen LogP contribution in [0, 0.1) is 11.6 Å². The first-order chi connectivity index (χ1) is 10.8. The van der Waals surface area contributed by atoms with Crippen LogP contribution in [0.4, 0.5) is 8.78 Å². The Bertz CT molecular complexity index is 811. The van der Waals surface area contributed by atoms with E-state index in [2.05, 4.69) is 10.1 Å². The van der Waals surface area contributed by atoms with Gasteiger partial charge in [-0.05, 0) is 13.0 Å². The van der Waals surface area contributed by atoms with Crippen molar-refractivity contribution in [3.05, 3.63) is 48.1 Å². The lowest BCUT2D eigenvalue weighted by Gasteiger charge is -2.42. The molecule has 1 aliphatic heterocycles. The lowest BCUT2D eigenvalue weighted by Crippen LogP contribution is -2.53. The first kappa shape index (κ1) is 16.0. The highest BCUT2D eigenvalue weighted by Crippen LogP contribution is 2.39. The number of hydrogen-bond donors (Lipinski definition) is 0. The molecule has 124 valence electrons. The number of halogens is 2. The first-order valence-electron chi connectivity index (χ1n) is 6.99. The highest BCUT2D eigenvalue weighted by Gasteiger charge is 2.50. The SMILES string of the molecule is C[C@@H]1[C@@](Cn2cncn2)(c2ccc(F)cc2F)OCCS1(=O)=O. The number of ether oxygens (including phenoxy) is 1. The summed E-state index contributed by atoms with van der Waals surface area (Å²) in [5.74, 6) is -1.74. The summed E-state index contributed by atoms with van der Waals surface area (Å²) >= 11 is 0. The van der Waals surface area contributed by atoms with Crippen LogP contribution in [0.3, 0.4) is 0 Å². The van der Waals surface area contributed by atoms with Gasteiger partial charge in [-0.1, -0.05) is 6.07 Å².